The second-order valence-electron chi connectivity index (χ2n) is 4.30. The number of furan rings is 1. The molecule has 5 nitrogen and oxygen atoms in total. The van der Waals surface area contributed by atoms with E-state index in [-0.39, 0.29) is 10.6 Å². The Balaban J connectivity index is 1.95. The van der Waals surface area contributed by atoms with Crippen LogP contribution in [-0.4, -0.2) is 11.8 Å². The molecule has 0 saturated carbocycles. The van der Waals surface area contributed by atoms with Gasteiger partial charge in [-0.05, 0) is 31.2 Å². The Morgan fingerprint density at radius 1 is 1.27 bits per heavy atom. The van der Waals surface area contributed by atoms with E-state index in [4.69, 9.17) is 16.0 Å². The van der Waals surface area contributed by atoms with Crippen LogP contribution < -0.4 is 10.9 Å². The first-order chi connectivity index (χ1) is 10.5. The lowest BCUT2D eigenvalue weighted by molar-refractivity contribution is -0.117. The number of aryl methyl sites for hydroxylation is 1. The van der Waals surface area contributed by atoms with E-state index in [1.54, 1.807) is 6.92 Å². The maximum Gasteiger partial charge on any atom is 0.273 e. The van der Waals surface area contributed by atoms with Crippen LogP contribution in [0.4, 0.5) is 4.39 Å². The van der Waals surface area contributed by atoms with Gasteiger partial charge in [-0.2, -0.15) is 0 Å². The monoisotopic (exact) mass is 322 g/mol. The topological polar surface area (TPSA) is 71.3 Å². The van der Waals surface area contributed by atoms with Crippen molar-refractivity contribution in [3.8, 4) is 0 Å². The molecule has 2 amide bonds. The minimum Gasteiger partial charge on any atom is -0.469 e. The lowest BCUT2D eigenvalue weighted by atomic mass is 10.2. The van der Waals surface area contributed by atoms with Gasteiger partial charge in [0.25, 0.3) is 11.8 Å². The summed E-state index contributed by atoms with van der Waals surface area (Å²) in [5.41, 5.74) is 4.79. The number of hydrazine groups is 1. The van der Waals surface area contributed by atoms with Gasteiger partial charge in [-0.25, -0.2) is 4.39 Å². The number of hydrogen-bond acceptors (Lipinski definition) is 3. The summed E-state index contributed by atoms with van der Waals surface area (Å²) in [5.74, 6) is -1.26. The van der Waals surface area contributed by atoms with Crippen molar-refractivity contribution in [3.63, 3.8) is 0 Å². The summed E-state index contributed by atoms with van der Waals surface area (Å²) in [6.45, 7) is 1.62. The molecule has 22 heavy (non-hydrogen) atoms. The van der Waals surface area contributed by atoms with Crippen LogP contribution >= 0.6 is 11.6 Å². The van der Waals surface area contributed by atoms with Crippen molar-refractivity contribution in [2.45, 2.75) is 6.92 Å². The van der Waals surface area contributed by atoms with Gasteiger partial charge in [0.15, 0.2) is 0 Å². The van der Waals surface area contributed by atoms with E-state index in [0.29, 0.717) is 11.3 Å². The Labute approximate surface area is 130 Å². The van der Waals surface area contributed by atoms with Crippen molar-refractivity contribution < 1.29 is 18.4 Å². The molecule has 2 aromatic rings. The van der Waals surface area contributed by atoms with Crippen LogP contribution in [0, 0.1) is 12.7 Å². The number of carbonyl (C=O) groups is 2. The molecule has 0 fully saturated rings. The molecule has 0 atom stereocenters. The highest BCUT2D eigenvalue weighted by molar-refractivity contribution is 6.32. The molecular weight excluding hydrogens is 311 g/mol. The van der Waals surface area contributed by atoms with E-state index in [9.17, 15) is 14.0 Å². The number of hydrogen-bond donors (Lipinski definition) is 2. The van der Waals surface area contributed by atoms with Crippen LogP contribution in [0.15, 0.2) is 41.0 Å². The lowest BCUT2D eigenvalue weighted by Crippen LogP contribution is -2.40. The number of nitrogens with one attached hydrogen (secondary N) is 2. The first-order valence-corrected chi connectivity index (χ1v) is 6.63. The molecule has 1 aromatic heterocycles. The minimum absolute atomic E-state index is 0.0938. The molecule has 7 heteroatoms. The smallest absolute Gasteiger partial charge is 0.273 e. The molecule has 2 rings (SSSR count). The van der Waals surface area contributed by atoms with Crippen molar-refractivity contribution in [1.29, 1.82) is 0 Å². The van der Waals surface area contributed by atoms with Gasteiger partial charge in [-0.1, -0.05) is 17.7 Å². The average molecular weight is 323 g/mol. The predicted molar refractivity (Wildman–Crippen MR) is 79.5 cm³/mol. The molecule has 1 aromatic carbocycles. The Bertz CT molecular complexity index is 720. The van der Waals surface area contributed by atoms with Crippen LogP contribution in [0.2, 0.25) is 5.02 Å². The standard InChI is InChI=1S/C15H12ClFN2O3/c1-9-10(7-8-22-9)15(21)19-18-14(20)6-5-11-12(16)3-2-4-13(11)17/h2-8H,1H3,(H,18,20)(H,19,21)/b6-5+. The molecule has 0 bridgehead atoms. The summed E-state index contributed by atoms with van der Waals surface area (Å²) in [6, 6.07) is 5.67. The van der Waals surface area contributed by atoms with Gasteiger partial charge in [0.05, 0.1) is 16.8 Å². The van der Waals surface area contributed by atoms with Crippen LogP contribution in [0.25, 0.3) is 6.08 Å². The maximum absolute atomic E-state index is 13.5. The Morgan fingerprint density at radius 3 is 2.68 bits per heavy atom. The van der Waals surface area contributed by atoms with Gasteiger partial charge < -0.3 is 4.42 Å². The molecule has 0 spiro atoms. The quantitative estimate of drug-likeness (QED) is 0.674. The van der Waals surface area contributed by atoms with E-state index >= 15 is 0 Å². The van der Waals surface area contributed by atoms with Crippen LogP contribution in [0.3, 0.4) is 0 Å². The molecule has 0 aliphatic rings. The Morgan fingerprint density at radius 2 is 2.05 bits per heavy atom. The number of rotatable bonds is 3. The third kappa shape index (κ3) is 3.73. The van der Waals surface area contributed by atoms with E-state index in [0.717, 1.165) is 6.08 Å². The minimum atomic E-state index is -0.631. The van der Waals surface area contributed by atoms with E-state index in [1.165, 1.54) is 36.6 Å². The fourth-order valence-corrected chi connectivity index (χ4v) is 1.90. The highest BCUT2D eigenvalue weighted by Crippen LogP contribution is 2.20. The normalized spacial score (nSPS) is 10.7. The summed E-state index contributed by atoms with van der Waals surface area (Å²) in [4.78, 5) is 23.3. The zero-order valence-corrected chi connectivity index (χ0v) is 12.3. The van der Waals surface area contributed by atoms with Crippen LogP contribution in [0.1, 0.15) is 21.7 Å². The third-order valence-electron chi connectivity index (χ3n) is 2.80. The zero-order chi connectivity index (χ0) is 16.1. The van der Waals surface area contributed by atoms with Crippen molar-refractivity contribution >= 4 is 29.5 Å². The molecule has 114 valence electrons. The van der Waals surface area contributed by atoms with Gasteiger partial charge in [-0.3, -0.25) is 20.4 Å². The number of benzene rings is 1. The van der Waals surface area contributed by atoms with Crippen molar-refractivity contribution in [2.75, 3.05) is 0 Å². The van der Waals surface area contributed by atoms with E-state index in [1.807, 2.05) is 0 Å². The predicted octanol–water partition coefficient (Wildman–Crippen LogP) is 2.85. The summed E-state index contributed by atoms with van der Waals surface area (Å²) < 4.78 is 18.5. The SMILES string of the molecule is Cc1occc1C(=O)NNC(=O)/C=C/c1c(F)cccc1Cl. The maximum atomic E-state index is 13.5. The van der Waals surface area contributed by atoms with Crippen molar-refractivity contribution in [2.24, 2.45) is 0 Å². The summed E-state index contributed by atoms with van der Waals surface area (Å²) >= 11 is 5.82. The number of halogens is 2. The summed E-state index contributed by atoms with van der Waals surface area (Å²) in [5, 5.41) is 0.183. The Hall–Kier alpha value is -2.60. The molecule has 0 aliphatic carbocycles. The van der Waals surface area contributed by atoms with Gasteiger partial charge in [0.2, 0.25) is 0 Å². The number of amides is 2. The van der Waals surface area contributed by atoms with Gasteiger partial charge >= 0.3 is 0 Å². The number of carbonyl (C=O) groups excluding carboxylic acids is 2. The highest BCUT2D eigenvalue weighted by Gasteiger charge is 2.11. The zero-order valence-electron chi connectivity index (χ0n) is 11.5. The summed E-state index contributed by atoms with van der Waals surface area (Å²) in [6.07, 6.45) is 3.65. The molecule has 2 N–H and O–H groups in total. The van der Waals surface area contributed by atoms with Crippen LogP contribution in [0.5, 0.6) is 0 Å². The van der Waals surface area contributed by atoms with Crippen molar-refractivity contribution in [3.05, 3.63) is 64.3 Å². The molecule has 0 aliphatic heterocycles. The molecule has 0 saturated heterocycles. The summed E-state index contributed by atoms with van der Waals surface area (Å²) in [7, 11) is 0. The second-order valence-corrected chi connectivity index (χ2v) is 4.71. The van der Waals surface area contributed by atoms with Gasteiger partial charge in [-0.15, -0.1) is 0 Å². The van der Waals surface area contributed by atoms with Gasteiger partial charge in [0.1, 0.15) is 11.6 Å². The first-order valence-electron chi connectivity index (χ1n) is 6.25. The van der Waals surface area contributed by atoms with Crippen molar-refractivity contribution in [1.82, 2.24) is 10.9 Å². The fraction of sp³-hybridized carbons (Fsp3) is 0.0667. The molecular formula is C15H12ClFN2O3. The average Bonchev–Trinajstić information content (AvgIpc) is 2.90. The first kappa shape index (κ1) is 15.8. The Kier molecular flexibility index (Phi) is 4.95. The van der Waals surface area contributed by atoms with Crippen LogP contribution in [-0.2, 0) is 4.79 Å². The largest absolute Gasteiger partial charge is 0.469 e. The molecule has 1 heterocycles. The van der Waals surface area contributed by atoms with E-state index in [2.05, 4.69) is 10.9 Å². The lowest BCUT2D eigenvalue weighted by Gasteiger charge is -2.04. The third-order valence-corrected chi connectivity index (χ3v) is 3.13. The molecule has 0 radical (unpaired) electrons. The van der Waals surface area contributed by atoms with Gasteiger partial charge in [0, 0.05) is 11.6 Å². The second kappa shape index (κ2) is 6.91. The molecule has 0 unspecified atom stereocenters. The fourth-order valence-electron chi connectivity index (χ4n) is 1.68. The van der Waals surface area contributed by atoms with E-state index < -0.39 is 17.6 Å². The highest BCUT2D eigenvalue weighted by atomic mass is 35.5.